The normalized spacial score (nSPS) is 10.8. The van der Waals surface area contributed by atoms with Gasteiger partial charge < -0.3 is 9.13 Å². The molecule has 20 heavy (non-hydrogen) atoms. The van der Waals surface area contributed by atoms with Crippen molar-refractivity contribution in [3.05, 3.63) is 66.5 Å². The fourth-order valence-electron chi connectivity index (χ4n) is 2.02. The zero-order valence-electron chi connectivity index (χ0n) is 11.3. The molecule has 0 amide bonds. The average Bonchev–Trinajstić information content (AvgIpc) is 3.07. The fraction of sp³-hybridized carbons (Fsp3) is 0.200. The molecule has 0 N–H and O–H groups in total. The zero-order valence-corrected chi connectivity index (χ0v) is 12.1. The molecular weight excluding hydrogens is 268 g/mol. The topological polar surface area (TPSA) is 35.6 Å². The molecule has 3 rings (SSSR count). The quantitative estimate of drug-likeness (QED) is 0.676. The van der Waals surface area contributed by atoms with Crippen LogP contribution in [0.4, 0.5) is 0 Å². The maximum atomic E-state index is 4.45. The summed E-state index contributed by atoms with van der Waals surface area (Å²) in [4.78, 5) is 8.76. The second kappa shape index (κ2) is 5.96. The van der Waals surface area contributed by atoms with Crippen molar-refractivity contribution in [1.29, 1.82) is 0 Å². The lowest BCUT2D eigenvalue weighted by Gasteiger charge is -2.07. The summed E-state index contributed by atoms with van der Waals surface area (Å²) in [6.45, 7) is 0.858. The maximum absolute atomic E-state index is 4.45. The number of hydrogen-bond donors (Lipinski definition) is 0. The number of nitrogens with zero attached hydrogens (tertiary/aromatic N) is 4. The zero-order chi connectivity index (χ0) is 13.8. The molecule has 0 radical (unpaired) electrons. The van der Waals surface area contributed by atoms with Crippen LogP contribution in [0.1, 0.15) is 11.4 Å². The van der Waals surface area contributed by atoms with Gasteiger partial charge in [0.15, 0.2) is 5.16 Å². The van der Waals surface area contributed by atoms with Gasteiger partial charge in [-0.1, -0.05) is 42.1 Å². The Kier molecular flexibility index (Phi) is 3.87. The van der Waals surface area contributed by atoms with Gasteiger partial charge in [-0.2, -0.15) is 0 Å². The minimum atomic E-state index is 0.824. The molecule has 5 heteroatoms. The molecule has 0 fully saturated rings. The summed E-state index contributed by atoms with van der Waals surface area (Å²) in [5.41, 5.74) is 1.29. The molecule has 0 aliphatic carbocycles. The number of benzene rings is 1. The van der Waals surface area contributed by atoms with E-state index in [2.05, 4.69) is 38.8 Å². The van der Waals surface area contributed by atoms with Gasteiger partial charge in [-0.25, -0.2) is 9.97 Å². The second-order valence-electron chi connectivity index (χ2n) is 4.57. The van der Waals surface area contributed by atoms with Crippen LogP contribution in [0, 0.1) is 0 Å². The van der Waals surface area contributed by atoms with Crippen LogP contribution in [0.5, 0.6) is 0 Å². The van der Waals surface area contributed by atoms with E-state index in [-0.39, 0.29) is 0 Å². The van der Waals surface area contributed by atoms with Crippen LogP contribution < -0.4 is 0 Å². The van der Waals surface area contributed by atoms with Gasteiger partial charge in [0.2, 0.25) is 0 Å². The number of rotatable bonds is 5. The van der Waals surface area contributed by atoms with E-state index in [1.54, 1.807) is 11.8 Å². The molecule has 102 valence electrons. The van der Waals surface area contributed by atoms with Gasteiger partial charge in [-0.3, -0.25) is 0 Å². The molecule has 0 aliphatic heterocycles. The molecule has 0 saturated heterocycles. The first-order chi connectivity index (χ1) is 9.83. The van der Waals surface area contributed by atoms with Crippen molar-refractivity contribution in [3.8, 4) is 0 Å². The van der Waals surface area contributed by atoms with E-state index >= 15 is 0 Å². The van der Waals surface area contributed by atoms with Crippen molar-refractivity contribution < 1.29 is 0 Å². The van der Waals surface area contributed by atoms with E-state index in [0.717, 1.165) is 23.3 Å². The fourth-order valence-corrected chi connectivity index (χ4v) is 2.92. The standard InChI is InChI=1S/C15H16N4S/c1-18-9-7-17-15(18)20-12-14-16-8-10-19(14)11-13-5-3-2-4-6-13/h2-10H,11-12H2,1H3. The Morgan fingerprint density at radius 1 is 1.05 bits per heavy atom. The van der Waals surface area contributed by atoms with Crippen molar-refractivity contribution in [1.82, 2.24) is 19.1 Å². The Hall–Kier alpha value is -2.01. The molecule has 3 aromatic rings. The SMILES string of the molecule is Cn1ccnc1SCc1nccn1Cc1ccccc1. The largest absolute Gasteiger partial charge is 0.330 e. The summed E-state index contributed by atoms with van der Waals surface area (Å²) in [5.74, 6) is 1.90. The minimum absolute atomic E-state index is 0.824. The van der Waals surface area contributed by atoms with Crippen LogP contribution in [-0.4, -0.2) is 19.1 Å². The van der Waals surface area contributed by atoms with Gasteiger partial charge in [0.25, 0.3) is 0 Å². The summed E-state index contributed by atoms with van der Waals surface area (Å²) in [6.07, 6.45) is 7.66. The number of thioether (sulfide) groups is 1. The molecular formula is C15H16N4S. The summed E-state index contributed by atoms with van der Waals surface area (Å²) < 4.78 is 4.21. The van der Waals surface area contributed by atoms with Crippen molar-refractivity contribution >= 4 is 11.8 Å². The summed E-state index contributed by atoms with van der Waals surface area (Å²) in [6, 6.07) is 10.4. The predicted octanol–water partition coefficient (Wildman–Crippen LogP) is 2.96. The monoisotopic (exact) mass is 284 g/mol. The molecule has 0 spiro atoms. The van der Waals surface area contributed by atoms with E-state index in [1.165, 1.54) is 5.56 Å². The molecule has 0 bridgehead atoms. The van der Waals surface area contributed by atoms with Crippen LogP contribution in [0.2, 0.25) is 0 Å². The van der Waals surface area contributed by atoms with Crippen LogP contribution >= 0.6 is 11.8 Å². The van der Waals surface area contributed by atoms with Crippen molar-refractivity contribution in [2.45, 2.75) is 17.5 Å². The molecule has 0 aliphatic rings. The maximum Gasteiger partial charge on any atom is 0.168 e. The predicted molar refractivity (Wildman–Crippen MR) is 80.5 cm³/mol. The van der Waals surface area contributed by atoms with Gasteiger partial charge in [0.05, 0.1) is 5.75 Å². The number of aryl methyl sites for hydroxylation is 1. The molecule has 4 nitrogen and oxygen atoms in total. The first kappa shape index (κ1) is 13.0. The Labute approximate surface area is 122 Å². The van der Waals surface area contributed by atoms with E-state index < -0.39 is 0 Å². The Morgan fingerprint density at radius 3 is 2.60 bits per heavy atom. The van der Waals surface area contributed by atoms with Crippen LogP contribution in [0.3, 0.4) is 0 Å². The lowest BCUT2D eigenvalue weighted by molar-refractivity contribution is 0.752. The molecule has 0 atom stereocenters. The van der Waals surface area contributed by atoms with Crippen molar-refractivity contribution in [2.24, 2.45) is 7.05 Å². The first-order valence-corrected chi connectivity index (χ1v) is 7.45. The smallest absolute Gasteiger partial charge is 0.168 e. The second-order valence-corrected chi connectivity index (χ2v) is 5.51. The van der Waals surface area contributed by atoms with Crippen LogP contribution in [-0.2, 0) is 19.3 Å². The van der Waals surface area contributed by atoms with Crippen LogP contribution in [0.25, 0.3) is 0 Å². The number of aromatic nitrogens is 4. The van der Waals surface area contributed by atoms with Gasteiger partial charge >= 0.3 is 0 Å². The highest BCUT2D eigenvalue weighted by Crippen LogP contribution is 2.20. The van der Waals surface area contributed by atoms with E-state index in [4.69, 9.17) is 0 Å². The van der Waals surface area contributed by atoms with Gasteiger partial charge in [-0.15, -0.1) is 0 Å². The highest BCUT2D eigenvalue weighted by Gasteiger charge is 2.06. The third-order valence-corrected chi connectivity index (χ3v) is 4.16. The van der Waals surface area contributed by atoms with Crippen LogP contribution in [0.15, 0.2) is 60.3 Å². The summed E-state index contributed by atoms with van der Waals surface area (Å²) >= 11 is 1.70. The van der Waals surface area contributed by atoms with Crippen molar-refractivity contribution in [3.63, 3.8) is 0 Å². The van der Waals surface area contributed by atoms with E-state index in [9.17, 15) is 0 Å². The van der Waals surface area contributed by atoms with Gasteiger partial charge in [0.1, 0.15) is 5.82 Å². The van der Waals surface area contributed by atoms with Gasteiger partial charge in [0, 0.05) is 38.4 Å². The number of hydrogen-bond acceptors (Lipinski definition) is 3. The lowest BCUT2D eigenvalue weighted by Crippen LogP contribution is -2.03. The Morgan fingerprint density at radius 2 is 1.85 bits per heavy atom. The number of imidazole rings is 2. The Balaban J connectivity index is 1.69. The first-order valence-electron chi connectivity index (χ1n) is 6.47. The molecule has 1 aromatic carbocycles. The van der Waals surface area contributed by atoms with E-state index in [0.29, 0.717) is 0 Å². The molecule has 2 heterocycles. The summed E-state index contributed by atoms with van der Waals surface area (Å²) in [7, 11) is 2.01. The molecule has 2 aromatic heterocycles. The third kappa shape index (κ3) is 2.93. The molecule has 0 saturated carbocycles. The third-order valence-electron chi connectivity index (χ3n) is 3.10. The van der Waals surface area contributed by atoms with Gasteiger partial charge in [-0.05, 0) is 5.56 Å². The highest BCUT2D eigenvalue weighted by molar-refractivity contribution is 7.98. The Bertz CT molecular complexity index is 672. The summed E-state index contributed by atoms with van der Waals surface area (Å²) in [5, 5.41) is 1.01. The van der Waals surface area contributed by atoms with E-state index in [1.807, 2.05) is 42.5 Å². The minimum Gasteiger partial charge on any atom is -0.330 e. The average molecular weight is 284 g/mol. The highest BCUT2D eigenvalue weighted by atomic mass is 32.2. The molecule has 0 unspecified atom stereocenters. The van der Waals surface area contributed by atoms with Crippen molar-refractivity contribution in [2.75, 3.05) is 0 Å². The lowest BCUT2D eigenvalue weighted by atomic mass is 10.2.